The largest absolute Gasteiger partial charge is 0.468 e. The summed E-state index contributed by atoms with van der Waals surface area (Å²) in [5.74, 6) is 0.842. The molecule has 2 rings (SSSR count). The zero-order valence-corrected chi connectivity index (χ0v) is 15.1. The van der Waals surface area contributed by atoms with Gasteiger partial charge in [0.2, 0.25) is 11.8 Å². The van der Waals surface area contributed by atoms with Crippen LogP contribution >= 0.6 is 0 Å². The third-order valence-electron chi connectivity index (χ3n) is 4.56. The van der Waals surface area contributed by atoms with Gasteiger partial charge in [0.25, 0.3) is 0 Å². The summed E-state index contributed by atoms with van der Waals surface area (Å²) in [6.45, 7) is 5.58. The number of carbonyl (C=O) groups excluding carboxylic acids is 2. The fourth-order valence-electron chi connectivity index (χ4n) is 3.12. The minimum absolute atomic E-state index is 0.000870. The molecule has 1 N–H and O–H groups in total. The van der Waals surface area contributed by atoms with Gasteiger partial charge in [0.05, 0.1) is 18.2 Å². The second-order valence-corrected chi connectivity index (χ2v) is 7.02. The zero-order valence-electron chi connectivity index (χ0n) is 15.1. The molecule has 1 saturated heterocycles. The SMILES string of the molecule is CC(C)C(=O)N1CCC[C@@H](C(=O)NC[C@H](c2ccco2)N(C)C)C1. The summed E-state index contributed by atoms with van der Waals surface area (Å²) in [5.41, 5.74) is 0. The fraction of sp³-hybridized carbons (Fsp3) is 0.667. The Hall–Kier alpha value is -1.82. The van der Waals surface area contributed by atoms with E-state index in [4.69, 9.17) is 4.42 Å². The highest BCUT2D eigenvalue weighted by atomic mass is 16.3. The van der Waals surface area contributed by atoms with Crippen molar-refractivity contribution >= 4 is 11.8 Å². The van der Waals surface area contributed by atoms with E-state index in [2.05, 4.69) is 5.32 Å². The molecule has 1 fully saturated rings. The number of likely N-dealkylation sites (N-methyl/N-ethyl adjacent to an activating group) is 1. The van der Waals surface area contributed by atoms with Gasteiger partial charge in [-0.3, -0.25) is 14.5 Å². The van der Waals surface area contributed by atoms with Crippen LogP contribution in [0.2, 0.25) is 0 Å². The lowest BCUT2D eigenvalue weighted by Gasteiger charge is -2.33. The first kappa shape index (κ1) is 18.5. The van der Waals surface area contributed by atoms with Gasteiger partial charge in [-0.15, -0.1) is 0 Å². The maximum atomic E-state index is 12.5. The monoisotopic (exact) mass is 335 g/mol. The molecular formula is C18H29N3O3. The van der Waals surface area contributed by atoms with E-state index < -0.39 is 0 Å². The van der Waals surface area contributed by atoms with Crippen LogP contribution in [0.1, 0.15) is 38.5 Å². The summed E-state index contributed by atoms with van der Waals surface area (Å²) in [7, 11) is 3.92. The lowest BCUT2D eigenvalue weighted by atomic mass is 9.96. The van der Waals surface area contributed by atoms with Crippen molar-refractivity contribution in [2.24, 2.45) is 11.8 Å². The maximum Gasteiger partial charge on any atom is 0.225 e. The molecule has 2 amide bonds. The summed E-state index contributed by atoms with van der Waals surface area (Å²) >= 11 is 0. The van der Waals surface area contributed by atoms with Crippen LogP contribution < -0.4 is 5.32 Å². The zero-order chi connectivity index (χ0) is 17.7. The standard InChI is InChI=1S/C18H29N3O3/c1-13(2)18(23)21-9-5-7-14(12-21)17(22)19-11-15(20(3)4)16-8-6-10-24-16/h6,8,10,13-15H,5,7,9,11-12H2,1-4H3,(H,19,22)/t14-,15-/m1/s1. The van der Waals surface area contributed by atoms with Crippen LogP contribution in [0.25, 0.3) is 0 Å². The van der Waals surface area contributed by atoms with E-state index in [0.29, 0.717) is 13.1 Å². The molecule has 6 heteroatoms. The van der Waals surface area contributed by atoms with E-state index >= 15 is 0 Å². The van der Waals surface area contributed by atoms with E-state index in [1.165, 1.54) is 0 Å². The Labute approximate surface area is 144 Å². The van der Waals surface area contributed by atoms with Crippen LogP contribution in [-0.2, 0) is 9.59 Å². The first-order chi connectivity index (χ1) is 11.4. The number of hydrogen-bond acceptors (Lipinski definition) is 4. The van der Waals surface area contributed by atoms with Crippen LogP contribution in [0.3, 0.4) is 0 Å². The van der Waals surface area contributed by atoms with Gasteiger partial charge in [0.1, 0.15) is 5.76 Å². The minimum Gasteiger partial charge on any atom is -0.468 e. The summed E-state index contributed by atoms with van der Waals surface area (Å²) in [6.07, 6.45) is 3.36. The van der Waals surface area contributed by atoms with Crippen molar-refractivity contribution in [2.75, 3.05) is 33.7 Å². The fourth-order valence-corrected chi connectivity index (χ4v) is 3.12. The van der Waals surface area contributed by atoms with Gasteiger partial charge in [-0.1, -0.05) is 13.8 Å². The molecule has 2 atom stereocenters. The maximum absolute atomic E-state index is 12.5. The molecular weight excluding hydrogens is 306 g/mol. The average Bonchev–Trinajstić information content (AvgIpc) is 3.08. The minimum atomic E-state index is -0.124. The van der Waals surface area contributed by atoms with Gasteiger partial charge >= 0.3 is 0 Å². The smallest absolute Gasteiger partial charge is 0.225 e. The number of furan rings is 1. The van der Waals surface area contributed by atoms with Crippen molar-refractivity contribution in [1.82, 2.24) is 15.1 Å². The molecule has 1 aromatic heterocycles. The molecule has 6 nitrogen and oxygen atoms in total. The molecule has 0 aliphatic carbocycles. The Kier molecular flexibility index (Phi) is 6.43. The molecule has 0 saturated carbocycles. The molecule has 0 radical (unpaired) electrons. The topological polar surface area (TPSA) is 65.8 Å². The van der Waals surface area contributed by atoms with Crippen molar-refractivity contribution < 1.29 is 14.0 Å². The Morgan fingerprint density at radius 2 is 2.17 bits per heavy atom. The Morgan fingerprint density at radius 3 is 2.75 bits per heavy atom. The Bertz CT molecular complexity index is 540. The van der Waals surface area contributed by atoms with Crippen LogP contribution in [0.4, 0.5) is 0 Å². The third-order valence-corrected chi connectivity index (χ3v) is 4.56. The van der Waals surface area contributed by atoms with Crippen LogP contribution in [-0.4, -0.2) is 55.3 Å². The average molecular weight is 335 g/mol. The van der Waals surface area contributed by atoms with Gasteiger partial charge < -0.3 is 14.6 Å². The van der Waals surface area contributed by atoms with Crippen LogP contribution in [0, 0.1) is 11.8 Å². The van der Waals surface area contributed by atoms with E-state index in [1.807, 2.05) is 49.9 Å². The van der Waals surface area contributed by atoms with Crippen molar-refractivity contribution in [3.8, 4) is 0 Å². The Balaban J connectivity index is 1.90. The molecule has 134 valence electrons. The van der Waals surface area contributed by atoms with Crippen molar-refractivity contribution in [1.29, 1.82) is 0 Å². The van der Waals surface area contributed by atoms with E-state index in [9.17, 15) is 9.59 Å². The number of nitrogens with zero attached hydrogens (tertiary/aromatic N) is 2. The molecule has 1 aromatic rings. The van der Waals surface area contributed by atoms with Gasteiger partial charge in [-0.2, -0.15) is 0 Å². The highest BCUT2D eigenvalue weighted by Gasteiger charge is 2.30. The summed E-state index contributed by atoms with van der Waals surface area (Å²) in [5, 5.41) is 3.03. The lowest BCUT2D eigenvalue weighted by molar-refractivity contribution is -0.138. The molecule has 0 unspecified atom stereocenters. The molecule has 0 bridgehead atoms. The predicted molar refractivity (Wildman–Crippen MR) is 92.3 cm³/mol. The number of nitrogens with one attached hydrogen (secondary N) is 1. The second kappa shape index (κ2) is 8.33. The predicted octanol–water partition coefficient (Wildman–Crippen LogP) is 1.89. The van der Waals surface area contributed by atoms with Gasteiger partial charge in [0.15, 0.2) is 0 Å². The lowest BCUT2D eigenvalue weighted by Crippen LogP contribution is -2.47. The molecule has 0 spiro atoms. The summed E-state index contributed by atoms with van der Waals surface area (Å²) in [4.78, 5) is 28.5. The van der Waals surface area contributed by atoms with Gasteiger partial charge in [0, 0.05) is 25.6 Å². The van der Waals surface area contributed by atoms with E-state index in [0.717, 1.165) is 25.1 Å². The summed E-state index contributed by atoms with van der Waals surface area (Å²) < 4.78 is 5.46. The number of rotatable bonds is 6. The number of amides is 2. The van der Waals surface area contributed by atoms with E-state index in [-0.39, 0.29) is 29.7 Å². The van der Waals surface area contributed by atoms with Gasteiger partial charge in [-0.05, 0) is 39.1 Å². The highest BCUT2D eigenvalue weighted by Crippen LogP contribution is 2.20. The Morgan fingerprint density at radius 1 is 1.42 bits per heavy atom. The quantitative estimate of drug-likeness (QED) is 0.862. The number of likely N-dealkylation sites (tertiary alicyclic amines) is 1. The molecule has 2 heterocycles. The molecule has 24 heavy (non-hydrogen) atoms. The number of carbonyl (C=O) groups is 2. The molecule has 0 aromatic carbocycles. The van der Waals surface area contributed by atoms with Gasteiger partial charge in [-0.25, -0.2) is 0 Å². The summed E-state index contributed by atoms with van der Waals surface area (Å²) in [6, 6.07) is 3.77. The number of piperidine rings is 1. The number of hydrogen-bond donors (Lipinski definition) is 1. The molecule has 1 aliphatic heterocycles. The van der Waals surface area contributed by atoms with Crippen molar-refractivity contribution in [2.45, 2.75) is 32.7 Å². The molecule has 1 aliphatic rings. The normalized spacial score (nSPS) is 19.6. The first-order valence-electron chi connectivity index (χ1n) is 8.66. The van der Waals surface area contributed by atoms with Crippen molar-refractivity contribution in [3.63, 3.8) is 0 Å². The van der Waals surface area contributed by atoms with Crippen LogP contribution in [0.5, 0.6) is 0 Å². The van der Waals surface area contributed by atoms with Crippen molar-refractivity contribution in [3.05, 3.63) is 24.2 Å². The first-order valence-corrected chi connectivity index (χ1v) is 8.66. The van der Waals surface area contributed by atoms with Crippen LogP contribution in [0.15, 0.2) is 22.8 Å². The highest BCUT2D eigenvalue weighted by molar-refractivity contribution is 5.82. The van der Waals surface area contributed by atoms with E-state index in [1.54, 1.807) is 6.26 Å². The third kappa shape index (κ3) is 4.60. The second-order valence-electron chi connectivity index (χ2n) is 7.02.